The van der Waals surface area contributed by atoms with Crippen molar-refractivity contribution in [3.63, 3.8) is 0 Å². The van der Waals surface area contributed by atoms with Gasteiger partial charge in [0, 0.05) is 38.0 Å². The van der Waals surface area contributed by atoms with Crippen LogP contribution >= 0.6 is 0 Å². The molecule has 106 valence electrons. The summed E-state index contributed by atoms with van der Waals surface area (Å²) in [5.74, 6) is -0.0474. The van der Waals surface area contributed by atoms with Crippen molar-refractivity contribution in [1.82, 2.24) is 4.90 Å². The maximum absolute atomic E-state index is 12.5. The Morgan fingerprint density at radius 3 is 3.10 bits per heavy atom. The summed E-state index contributed by atoms with van der Waals surface area (Å²) >= 11 is 0. The topological polar surface area (TPSA) is 65.4 Å². The standard InChI is InChI=1S/C15H19N3O2/c1-20-10-9-18(8-2-6-16)15(19)13-4-3-12-5-7-17-14(12)11-13/h3-4,11,17H,2,5,7-10H2,1H3. The zero-order valence-electron chi connectivity index (χ0n) is 11.7. The third kappa shape index (κ3) is 3.28. The molecule has 0 spiro atoms. The summed E-state index contributed by atoms with van der Waals surface area (Å²) in [6, 6.07) is 7.84. The molecule has 1 aliphatic rings. The number of carbonyl (C=O) groups is 1. The average molecular weight is 273 g/mol. The van der Waals surface area contributed by atoms with Crippen LogP contribution < -0.4 is 5.32 Å². The molecule has 1 aliphatic heterocycles. The number of fused-ring (bicyclic) bond motifs is 1. The molecule has 0 aromatic heterocycles. The van der Waals surface area contributed by atoms with Crippen LogP contribution in [0.1, 0.15) is 22.3 Å². The Kier molecular flexibility index (Phi) is 4.97. The second-order valence-corrected chi connectivity index (χ2v) is 4.74. The van der Waals surface area contributed by atoms with Crippen molar-refractivity contribution < 1.29 is 9.53 Å². The molecule has 0 fully saturated rings. The second-order valence-electron chi connectivity index (χ2n) is 4.74. The molecule has 1 aromatic carbocycles. The minimum atomic E-state index is -0.0474. The van der Waals surface area contributed by atoms with Crippen LogP contribution in [-0.2, 0) is 11.2 Å². The van der Waals surface area contributed by atoms with Gasteiger partial charge in [-0.1, -0.05) is 6.07 Å². The zero-order valence-corrected chi connectivity index (χ0v) is 11.7. The highest BCUT2D eigenvalue weighted by Crippen LogP contribution is 2.23. The fourth-order valence-corrected chi connectivity index (χ4v) is 2.31. The number of nitriles is 1. The predicted molar refractivity (Wildman–Crippen MR) is 76.6 cm³/mol. The fraction of sp³-hybridized carbons (Fsp3) is 0.467. The Bertz CT molecular complexity index is 522. The summed E-state index contributed by atoms with van der Waals surface area (Å²) in [5.41, 5.74) is 2.96. The summed E-state index contributed by atoms with van der Waals surface area (Å²) in [7, 11) is 1.60. The Balaban J connectivity index is 2.11. The van der Waals surface area contributed by atoms with E-state index < -0.39 is 0 Å². The van der Waals surface area contributed by atoms with Gasteiger partial charge in [0.1, 0.15) is 0 Å². The van der Waals surface area contributed by atoms with Gasteiger partial charge in [0.25, 0.3) is 5.91 Å². The lowest BCUT2D eigenvalue weighted by Crippen LogP contribution is -2.34. The molecule has 1 heterocycles. The number of amides is 1. The van der Waals surface area contributed by atoms with Crippen molar-refractivity contribution in [2.45, 2.75) is 12.8 Å². The van der Waals surface area contributed by atoms with E-state index in [0.717, 1.165) is 18.7 Å². The minimum Gasteiger partial charge on any atom is -0.384 e. The summed E-state index contributed by atoms with van der Waals surface area (Å²) in [5, 5.41) is 12.0. The molecule has 0 saturated carbocycles. The number of nitrogens with zero attached hydrogens (tertiary/aromatic N) is 2. The SMILES string of the molecule is COCCN(CCC#N)C(=O)c1ccc2c(c1)NCC2. The van der Waals surface area contributed by atoms with Gasteiger partial charge in [-0.25, -0.2) is 0 Å². The van der Waals surface area contributed by atoms with Crippen LogP contribution in [0.5, 0.6) is 0 Å². The van der Waals surface area contributed by atoms with Gasteiger partial charge in [0.2, 0.25) is 0 Å². The Morgan fingerprint density at radius 2 is 2.35 bits per heavy atom. The quantitative estimate of drug-likeness (QED) is 0.856. The number of carbonyl (C=O) groups excluding carboxylic acids is 1. The van der Waals surface area contributed by atoms with Crippen molar-refractivity contribution in [3.8, 4) is 6.07 Å². The monoisotopic (exact) mass is 273 g/mol. The molecule has 20 heavy (non-hydrogen) atoms. The highest BCUT2D eigenvalue weighted by Gasteiger charge is 2.18. The first-order chi connectivity index (χ1) is 9.76. The van der Waals surface area contributed by atoms with Gasteiger partial charge in [-0.3, -0.25) is 4.79 Å². The number of rotatable bonds is 6. The van der Waals surface area contributed by atoms with Crippen molar-refractivity contribution in [2.75, 3.05) is 38.7 Å². The molecule has 0 unspecified atom stereocenters. The molecule has 0 aliphatic carbocycles. The number of benzene rings is 1. The summed E-state index contributed by atoms with van der Waals surface area (Å²) in [6.45, 7) is 2.33. The Labute approximate surface area is 119 Å². The van der Waals surface area contributed by atoms with Crippen LogP contribution in [0.2, 0.25) is 0 Å². The number of anilines is 1. The maximum Gasteiger partial charge on any atom is 0.254 e. The molecule has 1 aromatic rings. The van der Waals surface area contributed by atoms with Gasteiger partial charge in [0.05, 0.1) is 19.1 Å². The highest BCUT2D eigenvalue weighted by molar-refractivity contribution is 5.95. The van der Waals surface area contributed by atoms with E-state index >= 15 is 0 Å². The van der Waals surface area contributed by atoms with Crippen LogP contribution in [0.25, 0.3) is 0 Å². The number of hydrogen-bond acceptors (Lipinski definition) is 4. The van der Waals surface area contributed by atoms with Crippen LogP contribution in [0, 0.1) is 11.3 Å². The van der Waals surface area contributed by atoms with E-state index in [-0.39, 0.29) is 5.91 Å². The zero-order chi connectivity index (χ0) is 14.4. The molecular weight excluding hydrogens is 254 g/mol. The number of ether oxygens (including phenoxy) is 1. The maximum atomic E-state index is 12.5. The molecule has 5 nitrogen and oxygen atoms in total. The van der Waals surface area contributed by atoms with Gasteiger partial charge >= 0.3 is 0 Å². The first-order valence-corrected chi connectivity index (χ1v) is 6.78. The van der Waals surface area contributed by atoms with Crippen molar-refractivity contribution in [1.29, 1.82) is 5.26 Å². The lowest BCUT2D eigenvalue weighted by molar-refractivity contribution is 0.0700. The lowest BCUT2D eigenvalue weighted by Gasteiger charge is -2.21. The van der Waals surface area contributed by atoms with Gasteiger partial charge in [-0.05, 0) is 24.1 Å². The third-order valence-electron chi connectivity index (χ3n) is 3.41. The molecule has 1 amide bonds. The number of hydrogen-bond donors (Lipinski definition) is 1. The van der Waals surface area contributed by atoms with Crippen LogP contribution in [0.3, 0.4) is 0 Å². The minimum absolute atomic E-state index is 0.0474. The highest BCUT2D eigenvalue weighted by atomic mass is 16.5. The van der Waals surface area contributed by atoms with Crippen LogP contribution in [0.4, 0.5) is 5.69 Å². The Hall–Kier alpha value is -2.06. The number of nitrogens with one attached hydrogen (secondary N) is 1. The molecule has 0 radical (unpaired) electrons. The molecule has 2 rings (SSSR count). The fourth-order valence-electron chi connectivity index (χ4n) is 2.31. The van der Waals surface area contributed by atoms with Crippen molar-refractivity contribution in [3.05, 3.63) is 29.3 Å². The normalized spacial score (nSPS) is 12.4. The molecule has 0 saturated heterocycles. The van der Waals surface area contributed by atoms with Gasteiger partial charge in [0.15, 0.2) is 0 Å². The van der Waals surface area contributed by atoms with Crippen LogP contribution in [-0.4, -0.2) is 44.2 Å². The first-order valence-electron chi connectivity index (χ1n) is 6.78. The first kappa shape index (κ1) is 14.4. The van der Waals surface area contributed by atoms with E-state index in [1.807, 2.05) is 18.2 Å². The number of methoxy groups -OCH3 is 1. The van der Waals surface area contributed by atoms with Crippen molar-refractivity contribution in [2.24, 2.45) is 0 Å². The van der Waals surface area contributed by atoms with Gasteiger partial charge in [-0.15, -0.1) is 0 Å². The van der Waals surface area contributed by atoms with Gasteiger partial charge in [-0.2, -0.15) is 5.26 Å². The van der Waals surface area contributed by atoms with Crippen LogP contribution in [0.15, 0.2) is 18.2 Å². The van der Waals surface area contributed by atoms with E-state index in [4.69, 9.17) is 10.00 Å². The average Bonchev–Trinajstić information content (AvgIpc) is 2.94. The molecular formula is C15H19N3O2. The molecule has 1 N–H and O–H groups in total. The van der Waals surface area contributed by atoms with Crippen molar-refractivity contribution >= 4 is 11.6 Å². The lowest BCUT2D eigenvalue weighted by atomic mass is 10.1. The largest absolute Gasteiger partial charge is 0.384 e. The van der Waals surface area contributed by atoms with E-state index in [1.54, 1.807) is 12.0 Å². The molecule has 0 atom stereocenters. The van der Waals surface area contributed by atoms with E-state index in [0.29, 0.717) is 31.7 Å². The van der Waals surface area contributed by atoms with Gasteiger partial charge < -0.3 is 15.0 Å². The predicted octanol–water partition coefficient (Wildman–Crippen LogP) is 1.66. The molecule has 5 heteroatoms. The van der Waals surface area contributed by atoms with E-state index in [9.17, 15) is 4.79 Å². The summed E-state index contributed by atoms with van der Waals surface area (Å²) < 4.78 is 5.02. The molecule has 0 bridgehead atoms. The summed E-state index contributed by atoms with van der Waals surface area (Å²) in [6.07, 6.45) is 1.34. The summed E-state index contributed by atoms with van der Waals surface area (Å²) in [4.78, 5) is 14.2. The third-order valence-corrected chi connectivity index (χ3v) is 3.41. The Morgan fingerprint density at radius 1 is 1.50 bits per heavy atom. The van der Waals surface area contributed by atoms with E-state index in [2.05, 4.69) is 11.4 Å². The van der Waals surface area contributed by atoms with E-state index in [1.165, 1.54) is 5.56 Å². The smallest absolute Gasteiger partial charge is 0.254 e. The second kappa shape index (κ2) is 6.92.